The lowest BCUT2D eigenvalue weighted by molar-refractivity contribution is -0.151. The van der Waals surface area contributed by atoms with Crippen molar-refractivity contribution in [1.82, 2.24) is 0 Å². The van der Waals surface area contributed by atoms with Crippen molar-refractivity contribution >= 4 is 17.9 Å². The second-order valence-corrected chi connectivity index (χ2v) is 11.6. The van der Waals surface area contributed by atoms with Crippen LogP contribution >= 0.6 is 0 Å². The molecule has 0 aromatic heterocycles. The van der Waals surface area contributed by atoms with Gasteiger partial charge in [-0.3, -0.25) is 4.79 Å². The molecule has 8 nitrogen and oxygen atoms in total. The Hall–Kier alpha value is -5.37. The summed E-state index contributed by atoms with van der Waals surface area (Å²) in [6, 6.07) is 30.2. The Balaban J connectivity index is 1.02. The van der Waals surface area contributed by atoms with Gasteiger partial charge < -0.3 is 23.7 Å². The molecule has 0 spiro atoms. The zero-order chi connectivity index (χ0) is 33.7. The molecule has 4 aromatic carbocycles. The van der Waals surface area contributed by atoms with Gasteiger partial charge in [0.05, 0.1) is 32.3 Å². The molecule has 0 bridgehead atoms. The first-order valence-corrected chi connectivity index (χ1v) is 16.2. The molecule has 48 heavy (non-hydrogen) atoms. The molecule has 1 saturated carbocycles. The van der Waals surface area contributed by atoms with Gasteiger partial charge in [-0.25, -0.2) is 9.59 Å². The van der Waals surface area contributed by atoms with Crippen molar-refractivity contribution in [1.29, 1.82) is 0 Å². The largest absolute Gasteiger partial charge is 0.497 e. The lowest BCUT2D eigenvalue weighted by atomic mass is 9.98. The summed E-state index contributed by atoms with van der Waals surface area (Å²) in [5.74, 6) is 0.407. The van der Waals surface area contributed by atoms with Gasteiger partial charge >= 0.3 is 17.9 Å². The third kappa shape index (κ3) is 9.82. The molecule has 0 heterocycles. The van der Waals surface area contributed by atoms with Crippen LogP contribution in [0.1, 0.15) is 55.3 Å². The van der Waals surface area contributed by atoms with Crippen LogP contribution in [0.15, 0.2) is 109 Å². The highest BCUT2D eigenvalue weighted by Gasteiger charge is 2.20. The van der Waals surface area contributed by atoms with Crippen molar-refractivity contribution in [3.63, 3.8) is 0 Å². The quantitative estimate of drug-likeness (QED) is 0.0582. The minimum absolute atomic E-state index is 0.0506. The van der Waals surface area contributed by atoms with Crippen molar-refractivity contribution in [3.05, 3.63) is 115 Å². The van der Waals surface area contributed by atoms with Crippen LogP contribution in [-0.2, 0) is 19.1 Å². The molecule has 4 aromatic rings. The summed E-state index contributed by atoms with van der Waals surface area (Å²) in [4.78, 5) is 36.8. The normalized spacial score (nSPS) is 12.9. The maximum absolute atomic E-state index is 12.5. The molecule has 0 N–H and O–H groups in total. The number of hydrogen-bond donors (Lipinski definition) is 0. The fourth-order valence-corrected chi connectivity index (χ4v) is 5.38. The van der Waals surface area contributed by atoms with E-state index in [4.69, 9.17) is 23.7 Å². The first-order chi connectivity index (χ1) is 23.4. The third-order valence-corrected chi connectivity index (χ3v) is 8.08. The van der Waals surface area contributed by atoms with Gasteiger partial charge in [-0.2, -0.15) is 0 Å². The van der Waals surface area contributed by atoms with Gasteiger partial charge in [0.25, 0.3) is 0 Å². The minimum Gasteiger partial charge on any atom is -0.497 e. The predicted octanol–water partition coefficient (Wildman–Crippen LogP) is 8.38. The van der Waals surface area contributed by atoms with E-state index in [2.05, 4.69) is 18.7 Å². The minimum atomic E-state index is -0.589. The maximum Gasteiger partial charge on any atom is 0.343 e. The number of carbonyl (C=O) groups is 3. The summed E-state index contributed by atoms with van der Waals surface area (Å²) in [6.45, 7) is 4.22. The van der Waals surface area contributed by atoms with E-state index in [1.807, 2.05) is 48.5 Å². The van der Waals surface area contributed by atoms with E-state index >= 15 is 0 Å². The Kier molecular flexibility index (Phi) is 12.0. The number of rotatable bonds is 14. The first kappa shape index (κ1) is 34.0. The van der Waals surface area contributed by atoms with E-state index in [0.717, 1.165) is 47.9 Å². The Morgan fingerprint density at radius 1 is 0.667 bits per heavy atom. The highest BCUT2D eigenvalue weighted by molar-refractivity contribution is 5.93. The van der Waals surface area contributed by atoms with Crippen molar-refractivity contribution in [3.8, 4) is 39.5 Å². The second kappa shape index (κ2) is 17.0. The van der Waals surface area contributed by atoms with Crippen LogP contribution in [0.4, 0.5) is 0 Å². The Morgan fingerprint density at radius 2 is 1.19 bits per heavy atom. The average molecular weight is 649 g/mol. The fourth-order valence-electron chi connectivity index (χ4n) is 5.38. The van der Waals surface area contributed by atoms with Crippen molar-refractivity contribution in [2.45, 2.75) is 51.0 Å². The zero-order valence-electron chi connectivity index (χ0n) is 27.2. The first-order valence-electron chi connectivity index (χ1n) is 16.2. The van der Waals surface area contributed by atoms with Crippen LogP contribution in [0.25, 0.3) is 22.3 Å². The number of ether oxygens (including phenoxy) is 5. The van der Waals surface area contributed by atoms with Gasteiger partial charge in [0, 0.05) is 12.0 Å². The summed E-state index contributed by atoms with van der Waals surface area (Å²) >= 11 is 0. The number of esters is 3. The highest BCUT2D eigenvalue weighted by Crippen LogP contribution is 2.28. The SMILES string of the molecule is C=C(CC(=O)OC1CCCCC1)C(=O)OCCCOc1ccc(-c2ccc(-c3ccc(OC(=O)c4ccc(OC)cc4)cc3)cc2)cc1. The smallest absolute Gasteiger partial charge is 0.343 e. The lowest BCUT2D eigenvalue weighted by Crippen LogP contribution is -2.22. The molecule has 1 fully saturated rings. The van der Waals surface area contributed by atoms with E-state index in [0.29, 0.717) is 35.8 Å². The molecule has 0 saturated heterocycles. The summed E-state index contributed by atoms with van der Waals surface area (Å²) < 4.78 is 27.1. The number of methoxy groups -OCH3 is 1. The number of hydrogen-bond acceptors (Lipinski definition) is 8. The van der Waals surface area contributed by atoms with E-state index < -0.39 is 17.9 Å². The third-order valence-electron chi connectivity index (χ3n) is 8.08. The Bertz CT molecular complexity index is 1670. The van der Waals surface area contributed by atoms with Crippen LogP contribution in [0.3, 0.4) is 0 Å². The standard InChI is InChI=1S/C40H40O8/c1-28(27-38(41)47-36-7-4-3-5-8-36)39(42)46-26-6-25-45-35-21-13-31(14-22-35)29-9-11-30(12-10-29)32-15-23-37(24-16-32)48-40(43)33-17-19-34(44-2)20-18-33/h9-24,36H,1,3-8,25-27H2,2H3. The molecule has 248 valence electrons. The molecule has 0 aliphatic heterocycles. The molecule has 0 amide bonds. The van der Waals surface area contributed by atoms with Crippen molar-refractivity contribution < 1.29 is 38.1 Å². The van der Waals surface area contributed by atoms with Crippen molar-refractivity contribution in [2.75, 3.05) is 20.3 Å². The number of benzene rings is 4. The van der Waals surface area contributed by atoms with E-state index in [9.17, 15) is 14.4 Å². The molecular formula is C40H40O8. The van der Waals surface area contributed by atoms with E-state index in [1.54, 1.807) is 43.5 Å². The lowest BCUT2D eigenvalue weighted by Gasteiger charge is -2.21. The van der Waals surface area contributed by atoms with Gasteiger partial charge in [-0.1, -0.05) is 61.5 Å². The molecular weight excluding hydrogens is 608 g/mol. The maximum atomic E-state index is 12.5. The summed E-state index contributed by atoms with van der Waals surface area (Å²) in [6.07, 6.45) is 5.36. The average Bonchev–Trinajstić information content (AvgIpc) is 3.12. The van der Waals surface area contributed by atoms with Crippen LogP contribution in [-0.4, -0.2) is 44.3 Å². The Morgan fingerprint density at radius 3 is 1.75 bits per heavy atom. The van der Waals surface area contributed by atoms with E-state index in [-0.39, 0.29) is 24.7 Å². The second-order valence-electron chi connectivity index (χ2n) is 11.6. The molecule has 0 unspecified atom stereocenters. The van der Waals surface area contributed by atoms with Crippen LogP contribution in [0, 0.1) is 0 Å². The van der Waals surface area contributed by atoms with Gasteiger partial charge in [0.2, 0.25) is 0 Å². The fraction of sp³-hybridized carbons (Fsp3) is 0.275. The monoisotopic (exact) mass is 648 g/mol. The zero-order valence-corrected chi connectivity index (χ0v) is 27.2. The Labute approximate surface area is 281 Å². The molecule has 1 aliphatic rings. The predicted molar refractivity (Wildman–Crippen MR) is 183 cm³/mol. The van der Waals surface area contributed by atoms with E-state index in [1.165, 1.54) is 6.42 Å². The molecule has 0 atom stereocenters. The van der Waals surface area contributed by atoms with Gasteiger partial charge in [-0.15, -0.1) is 0 Å². The molecule has 8 heteroatoms. The van der Waals surface area contributed by atoms with Crippen LogP contribution in [0.5, 0.6) is 17.2 Å². The van der Waals surface area contributed by atoms with Crippen LogP contribution < -0.4 is 14.2 Å². The van der Waals surface area contributed by atoms with Gasteiger partial charge in [0.15, 0.2) is 0 Å². The number of carbonyl (C=O) groups excluding carboxylic acids is 3. The van der Waals surface area contributed by atoms with Gasteiger partial charge in [0.1, 0.15) is 23.4 Å². The summed E-state index contributed by atoms with van der Waals surface area (Å²) in [5, 5.41) is 0. The summed E-state index contributed by atoms with van der Waals surface area (Å²) in [5.41, 5.74) is 4.69. The van der Waals surface area contributed by atoms with Crippen LogP contribution in [0.2, 0.25) is 0 Å². The summed E-state index contributed by atoms with van der Waals surface area (Å²) in [7, 11) is 1.57. The topological polar surface area (TPSA) is 97.4 Å². The molecule has 1 aliphatic carbocycles. The highest BCUT2D eigenvalue weighted by atomic mass is 16.5. The molecule has 5 rings (SSSR count). The van der Waals surface area contributed by atoms with Gasteiger partial charge in [-0.05, 0) is 96.5 Å². The molecule has 0 radical (unpaired) electrons. The van der Waals surface area contributed by atoms with Crippen molar-refractivity contribution in [2.24, 2.45) is 0 Å².